The van der Waals surface area contributed by atoms with Crippen LogP contribution in [0.2, 0.25) is 13.1 Å². The van der Waals surface area contributed by atoms with Crippen LogP contribution in [0.5, 0.6) is 0 Å². The van der Waals surface area contributed by atoms with Gasteiger partial charge < -0.3 is 8.98 Å². The summed E-state index contributed by atoms with van der Waals surface area (Å²) in [5.41, 5.74) is 15.7. The molecule has 1 aliphatic heterocycles. The lowest BCUT2D eigenvalue weighted by Crippen LogP contribution is -2.49. The van der Waals surface area contributed by atoms with Crippen LogP contribution in [-0.4, -0.2) is 12.6 Å². The first-order chi connectivity index (χ1) is 26.0. The Kier molecular flexibility index (Phi) is 6.44. The minimum absolute atomic E-state index is 0.934. The number of fused-ring (bicyclic) bond motifs is 9. The molecule has 0 saturated heterocycles. The Balaban J connectivity index is 1.05. The van der Waals surface area contributed by atoms with Crippen LogP contribution < -0.4 is 10.4 Å². The molecular formula is C50H35NOSi-. The maximum atomic E-state index is 6.14. The molecule has 1 aliphatic rings. The predicted octanol–water partition coefficient (Wildman–Crippen LogP) is 12.5. The van der Waals surface area contributed by atoms with Crippen LogP contribution in [0, 0.1) is 0 Å². The molecule has 10 aromatic rings. The Hall–Kier alpha value is -6.42. The number of benzene rings is 8. The molecule has 0 fully saturated rings. The molecular weight excluding hydrogens is 659 g/mol. The van der Waals surface area contributed by atoms with E-state index in [1.807, 2.05) is 12.1 Å². The van der Waals surface area contributed by atoms with E-state index in [0.717, 1.165) is 16.6 Å². The Labute approximate surface area is 309 Å². The largest absolute Gasteiger partial charge is 0.456 e. The predicted molar refractivity (Wildman–Crippen MR) is 227 cm³/mol. The minimum atomic E-state index is -2.05. The molecule has 0 unspecified atom stereocenters. The van der Waals surface area contributed by atoms with Crippen molar-refractivity contribution < 1.29 is 4.42 Å². The van der Waals surface area contributed by atoms with Gasteiger partial charge in [0, 0.05) is 27.2 Å². The minimum Gasteiger partial charge on any atom is -0.456 e. The van der Waals surface area contributed by atoms with Crippen LogP contribution in [0.3, 0.4) is 0 Å². The molecule has 3 heterocycles. The van der Waals surface area contributed by atoms with E-state index in [-0.39, 0.29) is 0 Å². The van der Waals surface area contributed by atoms with Gasteiger partial charge in [-0.3, -0.25) is 0 Å². The second-order valence-corrected chi connectivity index (χ2v) is 19.3. The molecule has 0 radical (unpaired) electrons. The molecule has 0 saturated carbocycles. The Bertz CT molecular complexity index is 2980. The average Bonchev–Trinajstić information content (AvgIpc) is 3.82. The first-order valence-electron chi connectivity index (χ1n) is 18.4. The van der Waals surface area contributed by atoms with Gasteiger partial charge in [-0.1, -0.05) is 147 Å². The van der Waals surface area contributed by atoms with Crippen LogP contribution >= 0.6 is 0 Å². The molecule has 0 spiro atoms. The van der Waals surface area contributed by atoms with Crippen LogP contribution in [0.15, 0.2) is 180 Å². The van der Waals surface area contributed by atoms with Crippen molar-refractivity contribution in [1.29, 1.82) is 0 Å². The molecule has 251 valence electrons. The van der Waals surface area contributed by atoms with Gasteiger partial charge in [0.25, 0.3) is 0 Å². The van der Waals surface area contributed by atoms with E-state index in [1.54, 1.807) is 0 Å². The molecule has 11 rings (SSSR count). The fraction of sp³-hybridized carbons (Fsp3) is 0.0400. The molecule has 8 aromatic carbocycles. The highest BCUT2D eigenvalue weighted by Crippen LogP contribution is 2.39. The highest BCUT2D eigenvalue weighted by molar-refractivity contribution is 7.03. The SMILES string of the molecule is C[Si-]1(C)c2cc(-c3ccc4oc5ccccc5c4c3)ccc2-c2ccc(-n3c4ccc(-c5ccccc5)cc4c4cc(-c5ccccc5)ccc43)cc21. The first-order valence-corrected chi connectivity index (χ1v) is 21.4. The van der Waals surface area contributed by atoms with E-state index in [1.165, 1.54) is 87.8 Å². The summed E-state index contributed by atoms with van der Waals surface area (Å²) in [6, 6.07) is 64.7. The van der Waals surface area contributed by atoms with E-state index < -0.39 is 8.07 Å². The van der Waals surface area contributed by atoms with Crippen LogP contribution in [0.1, 0.15) is 0 Å². The number of furan rings is 1. The standard InChI is InChI=1S/C50H35NOSi/c1-53(2)49-30-37(36-20-26-48-44(29-36)39-15-9-10-16-47(39)52-48)17-22-40(49)41-23-21-38(31-50(41)53)51-45-24-18-34(32-11-5-3-6-12-32)27-42(45)43-28-35(19-25-46(43)51)33-13-7-4-8-14-33/h3-31H,1-2H3/q-1. The summed E-state index contributed by atoms with van der Waals surface area (Å²) in [7, 11) is -2.05. The van der Waals surface area contributed by atoms with E-state index in [9.17, 15) is 0 Å². The Morgan fingerprint density at radius 2 is 0.868 bits per heavy atom. The topological polar surface area (TPSA) is 18.1 Å². The van der Waals surface area contributed by atoms with Crippen LogP contribution in [0.25, 0.3) is 93.9 Å². The van der Waals surface area contributed by atoms with Crippen molar-refractivity contribution in [3.05, 3.63) is 176 Å². The summed E-state index contributed by atoms with van der Waals surface area (Å²) < 4.78 is 8.63. The highest BCUT2D eigenvalue weighted by Gasteiger charge is 2.28. The van der Waals surface area contributed by atoms with E-state index in [0.29, 0.717) is 0 Å². The fourth-order valence-corrected chi connectivity index (χ4v) is 12.0. The van der Waals surface area contributed by atoms with Crippen molar-refractivity contribution in [3.63, 3.8) is 0 Å². The van der Waals surface area contributed by atoms with Crippen molar-refractivity contribution >= 4 is 62.2 Å². The van der Waals surface area contributed by atoms with Gasteiger partial charge in [-0.2, -0.15) is 23.5 Å². The fourth-order valence-electron chi connectivity index (χ4n) is 8.87. The monoisotopic (exact) mass is 693 g/mol. The maximum Gasteiger partial charge on any atom is 0.135 e. The first kappa shape index (κ1) is 30.2. The van der Waals surface area contributed by atoms with Crippen molar-refractivity contribution in [3.8, 4) is 50.2 Å². The third-order valence-electron chi connectivity index (χ3n) is 11.6. The lowest BCUT2D eigenvalue weighted by atomic mass is 9.99. The molecule has 0 bridgehead atoms. The molecule has 0 amide bonds. The second-order valence-electron chi connectivity index (χ2n) is 15.0. The second kappa shape index (κ2) is 11.3. The molecule has 0 aliphatic carbocycles. The van der Waals surface area contributed by atoms with Gasteiger partial charge in [-0.15, -0.1) is 0 Å². The van der Waals surface area contributed by atoms with Crippen molar-refractivity contribution in [2.24, 2.45) is 0 Å². The Morgan fingerprint density at radius 1 is 0.377 bits per heavy atom. The van der Waals surface area contributed by atoms with Crippen LogP contribution in [-0.2, 0) is 0 Å². The molecule has 3 heteroatoms. The number of hydrogen-bond acceptors (Lipinski definition) is 1. The van der Waals surface area contributed by atoms with Crippen molar-refractivity contribution in [2.45, 2.75) is 13.1 Å². The van der Waals surface area contributed by atoms with Gasteiger partial charge in [0.2, 0.25) is 0 Å². The van der Waals surface area contributed by atoms with Gasteiger partial charge in [-0.25, -0.2) is 0 Å². The smallest absolute Gasteiger partial charge is 0.135 e. The van der Waals surface area contributed by atoms with Crippen LogP contribution in [0.4, 0.5) is 0 Å². The zero-order valence-corrected chi connectivity index (χ0v) is 30.6. The van der Waals surface area contributed by atoms with E-state index in [2.05, 4.69) is 181 Å². The third kappa shape index (κ3) is 4.57. The number of aromatic nitrogens is 1. The summed E-state index contributed by atoms with van der Waals surface area (Å²) in [6.07, 6.45) is 0. The van der Waals surface area contributed by atoms with Crippen molar-refractivity contribution in [2.75, 3.05) is 0 Å². The van der Waals surface area contributed by atoms with Gasteiger partial charge >= 0.3 is 0 Å². The molecule has 2 aromatic heterocycles. The van der Waals surface area contributed by atoms with Gasteiger partial charge in [0.1, 0.15) is 11.2 Å². The quantitative estimate of drug-likeness (QED) is 0.168. The summed E-state index contributed by atoms with van der Waals surface area (Å²) in [6.45, 7) is 5.03. The molecule has 2 nitrogen and oxygen atoms in total. The average molecular weight is 694 g/mol. The lowest BCUT2D eigenvalue weighted by molar-refractivity contribution is 0.669. The van der Waals surface area contributed by atoms with Gasteiger partial charge in [0.15, 0.2) is 0 Å². The van der Waals surface area contributed by atoms with Gasteiger partial charge in [-0.05, 0) is 81.9 Å². The number of hydrogen-bond donors (Lipinski definition) is 0. The zero-order valence-electron chi connectivity index (χ0n) is 29.6. The maximum absolute atomic E-state index is 6.14. The third-order valence-corrected chi connectivity index (χ3v) is 15.1. The summed E-state index contributed by atoms with van der Waals surface area (Å²) in [4.78, 5) is 0. The normalized spacial score (nSPS) is 13.2. The van der Waals surface area contributed by atoms with Crippen molar-refractivity contribution in [1.82, 2.24) is 4.57 Å². The number of rotatable bonds is 4. The molecule has 0 N–H and O–H groups in total. The number of nitrogens with zero attached hydrogens (tertiary/aromatic N) is 1. The zero-order chi connectivity index (χ0) is 35.3. The molecule has 53 heavy (non-hydrogen) atoms. The summed E-state index contributed by atoms with van der Waals surface area (Å²) in [5.74, 6) is 0. The highest BCUT2D eigenvalue weighted by atomic mass is 28.3. The number of para-hydroxylation sites is 1. The summed E-state index contributed by atoms with van der Waals surface area (Å²) >= 11 is 0. The van der Waals surface area contributed by atoms with E-state index >= 15 is 0 Å². The summed E-state index contributed by atoms with van der Waals surface area (Å²) in [5, 5.41) is 7.87. The lowest BCUT2D eigenvalue weighted by Gasteiger charge is -2.32. The van der Waals surface area contributed by atoms with E-state index in [4.69, 9.17) is 4.42 Å². The Morgan fingerprint density at radius 3 is 1.55 bits per heavy atom. The molecule has 0 atom stereocenters. The van der Waals surface area contributed by atoms with Gasteiger partial charge in [0.05, 0.1) is 11.0 Å².